The predicted octanol–water partition coefficient (Wildman–Crippen LogP) is 2.40. The van der Waals surface area contributed by atoms with E-state index in [0.29, 0.717) is 0 Å². The van der Waals surface area contributed by atoms with Crippen LogP contribution < -0.4 is 0 Å². The molecule has 1 atom stereocenters. The zero-order valence-electron chi connectivity index (χ0n) is 13.6. The van der Waals surface area contributed by atoms with E-state index in [1.54, 1.807) is 13.8 Å². The molecule has 132 valence electrons. The fourth-order valence-electron chi connectivity index (χ4n) is 1.23. The maximum absolute atomic E-state index is 12.3. The number of esters is 2. The van der Waals surface area contributed by atoms with E-state index in [0.717, 1.165) is 6.08 Å². The Balaban J connectivity index is 4.89. The van der Waals surface area contributed by atoms with Gasteiger partial charge in [-0.15, -0.1) is 0 Å². The molecule has 0 fully saturated rings. The molecule has 0 aliphatic carbocycles. The molecule has 0 rings (SSSR count). The molecule has 23 heavy (non-hydrogen) atoms. The van der Waals surface area contributed by atoms with E-state index in [1.165, 1.54) is 6.92 Å². The van der Waals surface area contributed by atoms with Gasteiger partial charge in [-0.2, -0.15) is 0 Å². The summed E-state index contributed by atoms with van der Waals surface area (Å²) >= 11 is 0. The standard InChI is InChI=1S/C14H23O8P/c1-6-13(15)18-9-12(10-19-14(16)11(4)5)22-23(17,20-7-2)21-8-3/h6,12H,1,4,7-10H2,2-3,5H3. The Morgan fingerprint density at radius 3 is 2.09 bits per heavy atom. The van der Waals surface area contributed by atoms with Crippen LogP contribution in [-0.2, 0) is 37.2 Å². The summed E-state index contributed by atoms with van der Waals surface area (Å²) in [5.74, 6) is -1.36. The van der Waals surface area contributed by atoms with E-state index in [4.69, 9.17) is 23.0 Å². The van der Waals surface area contributed by atoms with Gasteiger partial charge in [0.2, 0.25) is 0 Å². The molecule has 8 nitrogen and oxygen atoms in total. The highest BCUT2D eigenvalue weighted by Gasteiger charge is 2.31. The summed E-state index contributed by atoms with van der Waals surface area (Å²) in [6.45, 7) is 10.9. The van der Waals surface area contributed by atoms with Gasteiger partial charge in [0.05, 0.1) is 13.2 Å². The third kappa shape index (κ3) is 9.30. The first-order chi connectivity index (χ1) is 10.8. The van der Waals surface area contributed by atoms with Crippen LogP contribution in [0.1, 0.15) is 20.8 Å². The Kier molecular flexibility index (Phi) is 10.4. The summed E-state index contributed by atoms with van der Waals surface area (Å²) in [6.07, 6.45) is -0.0760. The van der Waals surface area contributed by atoms with Crippen LogP contribution in [0.15, 0.2) is 24.8 Å². The van der Waals surface area contributed by atoms with Crippen molar-refractivity contribution in [2.75, 3.05) is 26.4 Å². The highest BCUT2D eigenvalue weighted by atomic mass is 31.2. The van der Waals surface area contributed by atoms with Crippen LogP contribution in [0.2, 0.25) is 0 Å². The molecule has 0 aliphatic heterocycles. The van der Waals surface area contributed by atoms with Gasteiger partial charge in [0.1, 0.15) is 19.3 Å². The molecular weight excluding hydrogens is 327 g/mol. The Morgan fingerprint density at radius 2 is 1.65 bits per heavy atom. The van der Waals surface area contributed by atoms with Crippen molar-refractivity contribution in [3.63, 3.8) is 0 Å². The molecule has 0 aliphatic rings. The number of carbonyl (C=O) groups excluding carboxylic acids is 2. The summed E-state index contributed by atoms with van der Waals surface area (Å²) in [6, 6.07) is 0. The first-order valence-electron chi connectivity index (χ1n) is 6.97. The van der Waals surface area contributed by atoms with E-state index in [9.17, 15) is 14.2 Å². The van der Waals surface area contributed by atoms with Crippen LogP contribution in [0, 0.1) is 0 Å². The molecular formula is C14H23O8P. The average Bonchev–Trinajstić information content (AvgIpc) is 2.49. The van der Waals surface area contributed by atoms with Crippen molar-refractivity contribution in [2.24, 2.45) is 0 Å². The van der Waals surface area contributed by atoms with E-state index < -0.39 is 25.9 Å². The van der Waals surface area contributed by atoms with Crippen LogP contribution in [0.4, 0.5) is 0 Å². The summed E-state index contributed by atoms with van der Waals surface area (Å²) in [5.41, 5.74) is 0.185. The van der Waals surface area contributed by atoms with Crippen LogP contribution >= 0.6 is 7.82 Å². The fraction of sp³-hybridized carbons (Fsp3) is 0.571. The topological polar surface area (TPSA) is 97.4 Å². The Bertz CT molecular complexity index is 463. The number of carbonyl (C=O) groups is 2. The van der Waals surface area contributed by atoms with Gasteiger partial charge < -0.3 is 9.47 Å². The number of phosphoric ester groups is 1. The smallest absolute Gasteiger partial charge is 0.460 e. The van der Waals surface area contributed by atoms with Crippen molar-refractivity contribution >= 4 is 19.8 Å². The molecule has 0 N–H and O–H groups in total. The van der Waals surface area contributed by atoms with Crippen LogP contribution in [0.5, 0.6) is 0 Å². The molecule has 0 saturated carbocycles. The lowest BCUT2D eigenvalue weighted by molar-refractivity contribution is -0.146. The van der Waals surface area contributed by atoms with E-state index in [-0.39, 0.29) is 32.0 Å². The SMILES string of the molecule is C=CC(=O)OCC(COC(=O)C(=C)C)OP(=O)(OCC)OCC. The number of hydrogen-bond donors (Lipinski definition) is 0. The summed E-state index contributed by atoms with van der Waals surface area (Å²) < 4.78 is 37.3. The minimum atomic E-state index is -3.86. The van der Waals surface area contributed by atoms with Gasteiger partial charge in [0.25, 0.3) is 0 Å². The van der Waals surface area contributed by atoms with Crippen LogP contribution in [-0.4, -0.2) is 44.5 Å². The molecule has 0 radical (unpaired) electrons. The molecule has 0 aromatic rings. The molecule has 0 amide bonds. The third-order valence-electron chi connectivity index (χ3n) is 2.18. The van der Waals surface area contributed by atoms with Crippen molar-refractivity contribution in [3.05, 3.63) is 24.8 Å². The zero-order valence-corrected chi connectivity index (χ0v) is 14.5. The lowest BCUT2D eigenvalue weighted by Gasteiger charge is -2.23. The second-order valence-electron chi connectivity index (χ2n) is 4.22. The lowest BCUT2D eigenvalue weighted by atomic mass is 10.3. The van der Waals surface area contributed by atoms with Crippen molar-refractivity contribution in [2.45, 2.75) is 26.9 Å². The van der Waals surface area contributed by atoms with E-state index >= 15 is 0 Å². The summed E-state index contributed by atoms with van der Waals surface area (Å²) in [7, 11) is -3.86. The minimum Gasteiger partial charge on any atom is -0.460 e. The highest BCUT2D eigenvalue weighted by Crippen LogP contribution is 2.50. The Morgan fingerprint density at radius 1 is 1.13 bits per heavy atom. The van der Waals surface area contributed by atoms with Gasteiger partial charge in [-0.25, -0.2) is 14.2 Å². The summed E-state index contributed by atoms with van der Waals surface area (Å²) in [5, 5.41) is 0. The van der Waals surface area contributed by atoms with Crippen molar-refractivity contribution in [1.82, 2.24) is 0 Å². The van der Waals surface area contributed by atoms with Gasteiger partial charge in [0.15, 0.2) is 0 Å². The number of hydrogen-bond acceptors (Lipinski definition) is 8. The van der Waals surface area contributed by atoms with Crippen molar-refractivity contribution in [3.8, 4) is 0 Å². The Hall–Kier alpha value is -1.47. The number of rotatable bonds is 12. The second-order valence-corrected chi connectivity index (χ2v) is 5.84. The maximum atomic E-state index is 12.3. The fourth-order valence-corrected chi connectivity index (χ4v) is 2.55. The predicted molar refractivity (Wildman–Crippen MR) is 82.7 cm³/mol. The molecule has 0 bridgehead atoms. The largest absolute Gasteiger partial charge is 0.475 e. The Labute approximate surface area is 136 Å². The van der Waals surface area contributed by atoms with Gasteiger partial charge in [-0.3, -0.25) is 13.6 Å². The van der Waals surface area contributed by atoms with E-state index in [1.807, 2.05) is 0 Å². The van der Waals surface area contributed by atoms with Gasteiger partial charge in [0, 0.05) is 11.6 Å². The molecule has 0 saturated heterocycles. The van der Waals surface area contributed by atoms with E-state index in [2.05, 4.69) is 13.2 Å². The second kappa shape index (κ2) is 11.1. The number of phosphoric acid groups is 1. The molecule has 0 aromatic carbocycles. The first-order valence-corrected chi connectivity index (χ1v) is 8.43. The molecule has 0 spiro atoms. The monoisotopic (exact) mass is 350 g/mol. The van der Waals surface area contributed by atoms with Gasteiger partial charge >= 0.3 is 19.8 Å². The van der Waals surface area contributed by atoms with Gasteiger partial charge in [-0.1, -0.05) is 13.2 Å². The third-order valence-corrected chi connectivity index (χ3v) is 3.88. The normalized spacial score (nSPS) is 12.3. The quantitative estimate of drug-likeness (QED) is 0.301. The minimum absolute atomic E-state index is 0.0853. The maximum Gasteiger partial charge on any atom is 0.475 e. The molecule has 0 heterocycles. The van der Waals surface area contributed by atoms with Crippen molar-refractivity contribution in [1.29, 1.82) is 0 Å². The van der Waals surface area contributed by atoms with Gasteiger partial charge in [-0.05, 0) is 20.8 Å². The van der Waals surface area contributed by atoms with Crippen molar-refractivity contribution < 1.29 is 37.2 Å². The lowest BCUT2D eigenvalue weighted by Crippen LogP contribution is -2.28. The van der Waals surface area contributed by atoms with Crippen LogP contribution in [0.25, 0.3) is 0 Å². The summed E-state index contributed by atoms with van der Waals surface area (Å²) in [4.78, 5) is 22.6. The zero-order chi connectivity index (χ0) is 17.9. The molecule has 9 heteroatoms. The average molecular weight is 350 g/mol. The molecule has 1 unspecified atom stereocenters. The number of ether oxygens (including phenoxy) is 2. The molecule has 0 aromatic heterocycles. The van der Waals surface area contributed by atoms with Crippen LogP contribution in [0.3, 0.4) is 0 Å². The highest BCUT2D eigenvalue weighted by molar-refractivity contribution is 7.48. The first kappa shape index (κ1) is 21.5.